The lowest BCUT2D eigenvalue weighted by Gasteiger charge is -2.28. The molecule has 7 amide bonds. The van der Waals surface area contributed by atoms with E-state index in [4.69, 9.17) is 11.5 Å². The zero-order valence-electron chi connectivity index (χ0n) is 42.0. The minimum Gasteiger partial charge on any atom is -0.480 e. The van der Waals surface area contributed by atoms with Gasteiger partial charge >= 0.3 is 11.9 Å². The third kappa shape index (κ3) is 19.3. The monoisotopic (exact) mass is 1010 g/mol. The van der Waals surface area contributed by atoms with E-state index in [-0.39, 0.29) is 37.7 Å². The number of likely N-dealkylation sites (N-methyl/N-ethyl adjacent to an activating group) is 1. The Morgan fingerprint density at radius 3 is 1.95 bits per heavy atom. The summed E-state index contributed by atoms with van der Waals surface area (Å²) in [6.07, 6.45) is 3.29. The Labute approximate surface area is 424 Å². The average Bonchev–Trinajstić information content (AvgIpc) is 3.34. The van der Waals surface area contributed by atoms with Crippen LogP contribution in [0.1, 0.15) is 71.4 Å². The van der Waals surface area contributed by atoms with Crippen molar-refractivity contribution in [3.63, 3.8) is 0 Å². The van der Waals surface area contributed by atoms with Crippen molar-refractivity contribution in [1.82, 2.24) is 36.8 Å². The van der Waals surface area contributed by atoms with Gasteiger partial charge in [-0.05, 0) is 50.7 Å². The molecule has 1 aliphatic rings. The molecule has 396 valence electrons. The van der Waals surface area contributed by atoms with Gasteiger partial charge in [0, 0.05) is 32.4 Å². The van der Waals surface area contributed by atoms with Gasteiger partial charge in [-0.25, -0.2) is 9.59 Å². The van der Waals surface area contributed by atoms with Gasteiger partial charge in [-0.2, -0.15) is 0 Å². The van der Waals surface area contributed by atoms with Crippen molar-refractivity contribution in [1.29, 1.82) is 0 Å². The van der Waals surface area contributed by atoms with E-state index in [0.29, 0.717) is 17.6 Å². The van der Waals surface area contributed by atoms with E-state index < -0.39 is 126 Å². The number of rotatable bonds is 14. The van der Waals surface area contributed by atoms with Crippen molar-refractivity contribution < 1.29 is 58.5 Å². The fourth-order valence-electron chi connectivity index (χ4n) is 7.53. The number of guanidine groups is 1. The lowest BCUT2D eigenvalue weighted by atomic mass is 9.94. The number of carboxylic acid groups (broad SMARTS) is 2. The Hall–Kier alpha value is -7.88. The van der Waals surface area contributed by atoms with Gasteiger partial charge in [0.25, 0.3) is 5.91 Å². The van der Waals surface area contributed by atoms with Crippen LogP contribution in [0, 0.1) is 17.8 Å². The molecule has 2 aromatic rings. The second-order valence-electron chi connectivity index (χ2n) is 18.1. The molecule has 0 bridgehead atoms. The van der Waals surface area contributed by atoms with Crippen LogP contribution in [0.4, 0.5) is 0 Å². The van der Waals surface area contributed by atoms with E-state index in [2.05, 4.69) is 43.5 Å². The summed E-state index contributed by atoms with van der Waals surface area (Å²) < 4.78 is 0. The molecule has 1 heterocycles. The first kappa shape index (κ1) is 59.4. The van der Waals surface area contributed by atoms with Crippen molar-refractivity contribution in [2.75, 3.05) is 13.6 Å². The van der Waals surface area contributed by atoms with E-state index in [9.17, 15) is 58.5 Å². The molecule has 3 rings (SSSR count). The smallest absolute Gasteiger partial charge is 0.327 e. The molecule has 0 aliphatic carbocycles. The van der Waals surface area contributed by atoms with Gasteiger partial charge in [0.05, 0.1) is 24.0 Å². The molecule has 0 unspecified atom stereocenters. The summed E-state index contributed by atoms with van der Waals surface area (Å²) in [5.41, 5.74) is 12.7. The molecule has 0 spiro atoms. The molecule has 0 aromatic heterocycles. The molecule has 0 saturated carbocycles. The Balaban J connectivity index is 2.12. The molecule has 13 N–H and O–H groups in total. The highest BCUT2D eigenvalue weighted by molar-refractivity contribution is 6.00. The van der Waals surface area contributed by atoms with Crippen molar-refractivity contribution in [3.8, 4) is 0 Å². The lowest BCUT2D eigenvalue weighted by molar-refractivity contribution is -0.146. The number of hydrogen-bond donors (Lipinski definition) is 11. The molecule has 22 nitrogen and oxygen atoms in total. The number of allylic oxidation sites excluding steroid dienone is 2. The quantitative estimate of drug-likeness (QED) is 0.0395. The summed E-state index contributed by atoms with van der Waals surface area (Å²) in [6.45, 7) is 11.1. The fraction of sp³-hybridized carbons (Fsp3) is 0.451. The Bertz CT molecular complexity index is 2390. The molecule has 2 aromatic carbocycles. The number of aliphatic carboxylic acids is 2. The number of nitrogens with two attached hydrogens (primary N) is 2. The number of carbonyl (C=O) groups is 9. The summed E-state index contributed by atoms with van der Waals surface area (Å²) in [6, 6.07) is 8.68. The number of aliphatic hydroxyl groups is 1. The number of benzene rings is 2. The van der Waals surface area contributed by atoms with Gasteiger partial charge in [0.2, 0.25) is 35.4 Å². The van der Waals surface area contributed by atoms with Crippen LogP contribution < -0.4 is 43.4 Å². The topological polar surface area (TPSA) is 354 Å². The third-order valence-electron chi connectivity index (χ3n) is 12.3. The second-order valence-corrected chi connectivity index (χ2v) is 18.1. The molecule has 1 fully saturated rings. The van der Waals surface area contributed by atoms with E-state index in [0.717, 1.165) is 10.5 Å². The van der Waals surface area contributed by atoms with Crippen LogP contribution in [0.3, 0.4) is 0 Å². The van der Waals surface area contributed by atoms with E-state index in [1.807, 2.05) is 37.3 Å². The molecule has 0 radical (unpaired) electrons. The van der Waals surface area contributed by atoms with Crippen LogP contribution >= 0.6 is 0 Å². The number of carboxylic acids is 2. The normalized spacial score (nSPS) is 24.8. The molecular weight excluding hydrogens is 945 g/mol. The predicted molar refractivity (Wildman–Crippen MR) is 270 cm³/mol. The summed E-state index contributed by atoms with van der Waals surface area (Å²) in [5, 5.41) is 46.5. The van der Waals surface area contributed by atoms with Crippen LogP contribution in [0.25, 0.3) is 0 Å². The van der Waals surface area contributed by atoms with Crippen LogP contribution in [0.15, 0.2) is 102 Å². The maximum absolute atomic E-state index is 14.4. The standard InChI is InChI=1S/C51H70N10O12/c1-28(25-29(2)40(62)27-35-17-12-9-13-18-35)20-21-36-30(3)43(64)58-38(49(70)71)22-23-41(63)61(7)33(6)46(67)55-32(5)45(66)59-39(26-34-15-10-8-11-16-34)48(69)60-42(50(72)73)31(4)44(65)57-37(47(68)56-36)19-14-24-54-51(52)53/h8-13,15-18,20-21,25,29-32,36-40,42,62H,6,14,19,22-24,26-27H2,1-5,7H3,(H,55,67)(H,56,68)(H,57,65)(H,58,64)(H,59,66)(H,60,69)(H,70,71)(H,72,73)(H4,52,53,54)/b21-20+,28-25+/t29-,30-,31-,32+,36-,37-,38+,39-,40-,42+/m0/s1. The zero-order valence-corrected chi connectivity index (χ0v) is 42.0. The van der Waals surface area contributed by atoms with Gasteiger partial charge in [-0.15, -0.1) is 0 Å². The highest BCUT2D eigenvalue weighted by atomic mass is 16.4. The highest BCUT2D eigenvalue weighted by Gasteiger charge is 2.37. The Morgan fingerprint density at radius 1 is 0.781 bits per heavy atom. The maximum atomic E-state index is 14.4. The van der Waals surface area contributed by atoms with Crippen molar-refractivity contribution in [3.05, 3.63) is 108 Å². The first-order valence-corrected chi connectivity index (χ1v) is 23.8. The average molecular weight is 1020 g/mol. The number of nitrogens with one attached hydrogen (secondary N) is 6. The first-order valence-electron chi connectivity index (χ1n) is 23.8. The summed E-state index contributed by atoms with van der Waals surface area (Å²) in [5.74, 6) is -12.9. The summed E-state index contributed by atoms with van der Waals surface area (Å²) >= 11 is 0. The Morgan fingerprint density at radius 2 is 1.36 bits per heavy atom. The largest absolute Gasteiger partial charge is 0.480 e. The van der Waals surface area contributed by atoms with Gasteiger partial charge in [-0.3, -0.25) is 38.6 Å². The minimum absolute atomic E-state index is 0.00554. The second kappa shape index (κ2) is 28.8. The SMILES string of the molecule is C=C1C(=O)N[C@H](C)C(=O)N[C@@H](Cc2ccccc2)C(=O)N[C@@H](C(=O)O)[C@H](C)C(=O)N[C@@H](CCCN=C(N)N)C(=O)N[C@@H](/C=C/C(C)=C/[C@H](C)[C@@H](O)Cc2ccccc2)[C@H](C)C(=O)N[C@@H](C(=O)O)CCC(=O)N1C. The van der Waals surface area contributed by atoms with Gasteiger partial charge < -0.3 is 63.6 Å². The molecule has 1 aliphatic heterocycles. The summed E-state index contributed by atoms with van der Waals surface area (Å²) in [4.78, 5) is 127. The Kier molecular flexibility index (Phi) is 23.5. The van der Waals surface area contributed by atoms with E-state index in [1.165, 1.54) is 33.9 Å². The summed E-state index contributed by atoms with van der Waals surface area (Å²) in [7, 11) is 1.20. The number of amides is 7. The minimum atomic E-state index is -1.93. The fourth-order valence-corrected chi connectivity index (χ4v) is 7.53. The first-order chi connectivity index (χ1) is 34.4. The third-order valence-corrected chi connectivity index (χ3v) is 12.3. The van der Waals surface area contributed by atoms with Crippen LogP contribution in [-0.2, 0) is 56.0 Å². The van der Waals surface area contributed by atoms with Crippen LogP contribution in [0.2, 0.25) is 0 Å². The van der Waals surface area contributed by atoms with Gasteiger partial charge in [0.15, 0.2) is 5.96 Å². The van der Waals surface area contributed by atoms with E-state index >= 15 is 0 Å². The number of carbonyl (C=O) groups excluding carboxylic acids is 7. The molecule has 73 heavy (non-hydrogen) atoms. The van der Waals surface area contributed by atoms with E-state index in [1.54, 1.807) is 49.4 Å². The van der Waals surface area contributed by atoms with Crippen molar-refractivity contribution >= 4 is 59.2 Å². The number of nitrogens with zero attached hydrogens (tertiary/aromatic N) is 2. The van der Waals surface area contributed by atoms with Crippen molar-refractivity contribution in [2.24, 2.45) is 34.2 Å². The molecule has 1 saturated heterocycles. The highest BCUT2D eigenvalue weighted by Crippen LogP contribution is 2.17. The predicted octanol–water partition coefficient (Wildman–Crippen LogP) is 0.161. The van der Waals surface area contributed by atoms with Crippen LogP contribution in [0.5, 0.6) is 0 Å². The molecular formula is C51H70N10O12. The van der Waals surface area contributed by atoms with Gasteiger partial charge in [-0.1, -0.05) is 112 Å². The van der Waals surface area contributed by atoms with Crippen molar-refractivity contribution in [2.45, 2.75) is 115 Å². The molecule has 22 heteroatoms. The zero-order chi connectivity index (χ0) is 54.5. The number of hydrogen-bond acceptors (Lipinski definition) is 11. The lowest BCUT2D eigenvalue weighted by Crippen LogP contribution is -2.59. The van der Waals surface area contributed by atoms with Crippen LogP contribution in [-0.4, -0.2) is 135 Å². The van der Waals surface area contributed by atoms with Gasteiger partial charge in [0.1, 0.15) is 35.9 Å². The molecule has 10 atom stereocenters. The maximum Gasteiger partial charge on any atom is 0.327 e. The number of aliphatic imine (C=N–C) groups is 1. The number of aliphatic hydroxyl groups excluding tert-OH is 1.